The Morgan fingerprint density at radius 1 is 0.375 bits per heavy atom. The van der Waals surface area contributed by atoms with Gasteiger partial charge in [-0.25, -0.2) is 0 Å². The Balaban J connectivity index is 0. The molecule has 0 nitrogen and oxygen atoms in total. The summed E-state index contributed by atoms with van der Waals surface area (Å²) >= 11 is 0. The van der Waals surface area contributed by atoms with Crippen LogP contribution in [-0.4, -0.2) is 95.3 Å². The van der Waals surface area contributed by atoms with Crippen LogP contribution in [-0.2, 0) is 51.2 Å². The number of hydrogen-bond donors (Lipinski definition) is 0. The molecular weight excluding hydrogens is 524 g/mol. The van der Waals surface area contributed by atoms with Crippen LogP contribution >= 0.6 is 0 Å². The van der Waals surface area contributed by atoms with E-state index in [4.69, 9.17) is 0 Å². The van der Waals surface area contributed by atoms with Crippen molar-refractivity contribution in [3.63, 3.8) is 0 Å². The molecule has 0 atom stereocenters. The molecule has 0 rings (SSSR count). The van der Waals surface area contributed by atoms with Crippen LogP contribution in [0.5, 0.6) is 0 Å². The summed E-state index contributed by atoms with van der Waals surface area (Å²) in [5.41, 5.74) is 0. The maximum atomic E-state index is 0. The molecule has 8 heavy (non-hydrogen) atoms. The van der Waals surface area contributed by atoms with E-state index in [0.29, 0.717) is 0 Å². The fourth-order valence-corrected chi connectivity index (χ4v) is 0. The van der Waals surface area contributed by atoms with E-state index in [9.17, 15) is 0 Å². The first-order chi connectivity index (χ1) is 0. The number of hydrogen-bond acceptors (Lipinski definition) is 0. The van der Waals surface area contributed by atoms with E-state index < -0.39 is 0 Å². The van der Waals surface area contributed by atoms with E-state index in [2.05, 4.69) is 0 Å². The summed E-state index contributed by atoms with van der Waals surface area (Å²) < 4.78 is 0. The topological polar surface area (TPSA) is 0 Å². The summed E-state index contributed by atoms with van der Waals surface area (Å²) in [6, 6.07) is 0. The van der Waals surface area contributed by atoms with Gasteiger partial charge in [0, 0.05) is 59.4 Å². The summed E-state index contributed by atoms with van der Waals surface area (Å²) in [6.07, 6.45) is 0. The Kier molecular flexibility index (Phi) is 620. The average molecular weight is 524 g/mol. The minimum Gasteiger partial charge on any atom is -3.00 e. The van der Waals surface area contributed by atoms with Crippen LogP contribution in [0.3, 0.4) is 0 Å². The molecule has 0 aliphatic carbocycles. The second-order valence-corrected chi connectivity index (χ2v) is 0. The Labute approximate surface area is 144 Å². The zero-order valence-electron chi connectivity index (χ0n) is 3.76. The molecule has 0 amide bonds. The van der Waals surface area contributed by atoms with Gasteiger partial charge in [-0.1, -0.05) is 0 Å². The third kappa shape index (κ3) is 46.3. The SMILES string of the molecule is [As-3].[As-3].[Ga].[Ga].[Ga].[Mn+2].[Mn+2].[Mn+2]. The maximum Gasteiger partial charge on any atom is 2.00 e. The summed E-state index contributed by atoms with van der Waals surface area (Å²) in [4.78, 5) is 0. The number of rotatable bonds is 0. The van der Waals surface area contributed by atoms with Crippen molar-refractivity contribution in [2.24, 2.45) is 0 Å². The minimum absolute atomic E-state index is 0. The van der Waals surface area contributed by atoms with Crippen LogP contribution in [0.15, 0.2) is 0 Å². The van der Waals surface area contributed by atoms with E-state index in [-0.39, 0.29) is 146 Å². The van der Waals surface area contributed by atoms with Crippen LogP contribution in [0.1, 0.15) is 0 Å². The van der Waals surface area contributed by atoms with Gasteiger partial charge >= 0.3 is 51.2 Å². The first kappa shape index (κ1) is 80.4. The van der Waals surface area contributed by atoms with Crippen molar-refractivity contribution in [2.75, 3.05) is 0 Å². The third-order valence-corrected chi connectivity index (χ3v) is 0. The molecule has 8 heteroatoms. The van der Waals surface area contributed by atoms with Crippen molar-refractivity contribution in [2.45, 2.75) is 0 Å². The molecule has 0 aromatic heterocycles. The molecule has 40 valence electrons. The van der Waals surface area contributed by atoms with E-state index >= 15 is 0 Å². The van der Waals surface area contributed by atoms with Gasteiger partial charge in [0.15, 0.2) is 0 Å². The van der Waals surface area contributed by atoms with Gasteiger partial charge in [0.2, 0.25) is 0 Å². The summed E-state index contributed by atoms with van der Waals surface area (Å²) in [5.74, 6) is 0. The summed E-state index contributed by atoms with van der Waals surface area (Å²) in [5, 5.41) is 0. The van der Waals surface area contributed by atoms with Gasteiger partial charge in [0.25, 0.3) is 0 Å². The van der Waals surface area contributed by atoms with Crippen molar-refractivity contribution in [1.29, 1.82) is 0 Å². The van der Waals surface area contributed by atoms with Gasteiger partial charge in [0.1, 0.15) is 0 Å². The molecule has 0 N–H and O–H groups in total. The van der Waals surface area contributed by atoms with Crippen LogP contribution in [0.25, 0.3) is 0 Å². The van der Waals surface area contributed by atoms with Crippen molar-refractivity contribution in [3.05, 3.63) is 0 Å². The normalized spacial score (nSPS) is 0. The van der Waals surface area contributed by atoms with Gasteiger partial charge < -0.3 is 35.9 Å². The van der Waals surface area contributed by atoms with E-state index in [1.165, 1.54) is 0 Å². The second-order valence-electron chi connectivity index (χ2n) is 0. The zero-order chi connectivity index (χ0) is 0. The molecule has 0 aromatic carbocycles. The van der Waals surface area contributed by atoms with Crippen molar-refractivity contribution >= 4 is 95.3 Å². The smallest absolute Gasteiger partial charge is 2.00 e. The van der Waals surface area contributed by atoms with E-state index in [1.807, 2.05) is 0 Å². The Morgan fingerprint density at radius 2 is 0.375 bits per heavy atom. The van der Waals surface area contributed by atoms with Gasteiger partial charge in [-0.2, -0.15) is 0 Å². The first-order valence-electron chi connectivity index (χ1n) is 0. The maximum absolute atomic E-state index is 0. The van der Waals surface area contributed by atoms with Gasteiger partial charge in [0.05, 0.1) is 0 Å². The zero-order valence-corrected chi connectivity index (χ0v) is 18.3. The molecule has 0 aromatic rings. The van der Waals surface area contributed by atoms with E-state index in [0.717, 1.165) is 0 Å². The monoisotopic (exact) mass is 521 g/mol. The Hall–Kier alpha value is 4.58. The molecule has 0 aliphatic heterocycles. The summed E-state index contributed by atoms with van der Waals surface area (Å²) in [7, 11) is 0. The Morgan fingerprint density at radius 3 is 0.375 bits per heavy atom. The van der Waals surface area contributed by atoms with Crippen molar-refractivity contribution in [1.82, 2.24) is 0 Å². The predicted octanol–water partition coefficient (Wildman–Crippen LogP) is -1.91. The van der Waals surface area contributed by atoms with E-state index in [1.54, 1.807) is 0 Å². The molecule has 0 bridgehead atoms. The fourth-order valence-electron chi connectivity index (χ4n) is 0. The van der Waals surface area contributed by atoms with Gasteiger partial charge in [-0.15, -0.1) is 0 Å². The molecule has 12 radical (unpaired) electrons. The van der Waals surface area contributed by atoms with Gasteiger partial charge in [-0.3, -0.25) is 0 Å². The minimum atomic E-state index is 0. The molecule has 0 spiro atoms. The fraction of sp³-hybridized carbons (Fsp3) is 0. The molecule has 0 saturated heterocycles. The van der Waals surface area contributed by atoms with Crippen LogP contribution < -0.4 is 0 Å². The molecular formula is As2Ga3Mn3. The molecule has 0 saturated carbocycles. The average Bonchev–Trinajstić information content (AvgIpc) is 0. The third-order valence-electron chi connectivity index (χ3n) is 0. The van der Waals surface area contributed by atoms with Crippen LogP contribution in [0.4, 0.5) is 0 Å². The second kappa shape index (κ2) is 61.8. The quantitative estimate of drug-likeness (QED) is 0.325. The van der Waals surface area contributed by atoms with Crippen molar-refractivity contribution < 1.29 is 51.2 Å². The van der Waals surface area contributed by atoms with Crippen LogP contribution in [0.2, 0.25) is 0 Å². The Bertz CT molecular complexity index is 12.5. The molecule has 0 heterocycles. The van der Waals surface area contributed by atoms with Crippen molar-refractivity contribution in [3.8, 4) is 0 Å². The molecule has 0 aliphatic rings. The molecule has 0 fully saturated rings. The summed E-state index contributed by atoms with van der Waals surface area (Å²) in [6.45, 7) is 0. The molecule has 0 unspecified atom stereocenters. The standard InChI is InChI=1S/2As.3Ga.3Mn/q2*-3;;;;3*+2. The first-order valence-corrected chi connectivity index (χ1v) is 0. The van der Waals surface area contributed by atoms with Crippen LogP contribution in [0, 0.1) is 0 Å². The largest absolute Gasteiger partial charge is 3.00 e. The predicted molar refractivity (Wildman–Crippen MR) is 28.8 cm³/mol. The van der Waals surface area contributed by atoms with Gasteiger partial charge in [-0.05, 0) is 0 Å².